The average molecular weight is 406 g/mol. The summed E-state index contributed by atoms with van der Waals surface area (Å²) in [6, 6.07) is 9.57. The first-order chi connectivity index (χ1) is 12.6. The van der Waals surface area contributed by atoms with Crippen LogP contribution in [0.25, 0.3) is 0 Å². The van der Waals surface area contributed by atoms with Crippen LogP contribution in [0.15, 0.2) is 30.3 Å². The Kier molecular flexibility index (Phi) is 5.90. The topological polar surface area (TPSA) is 78.6 Å². The second-order valence-electron chi connectivity index (χ2n) is 10.3. The summed E-state index contributed by atoms with van der Waals surface area (Å²) in [5.74, 6) is -1.84. The van der Waals surface area contributed by atoms with Crippen molar-refractivity contribution in [2.75, 3.05) is 6.61 Å². The molecule has 3 atom stereocenters. The van der Waals surface area contributed by atoms with Gasteiger partial charge in [0.25, 0.3) is 0 Å². The van der Waals surface area contributed by atoms with E-state index in [1.54, 1.807) is 20.8 Å². The molecule has 1 aromatic carbocycles. The van der Waals surface area contributed by atoms with Crippen LogP contribution in [0.2, 0.25) is 18.1 Å². The van der Waals surface area contributed by atoms with E-state index in [-0.39, 0.29) is 16.9 Å². The molecule has 0 spiro atoms. The monoisotopic (exact) mass is 405 g/mol. The Hall–Kier alpha value is -1.66. The van der Waals surface area contributed by atoms with E-state index in [1.807, 2.05) is 30.3 Å². The molecule has 0 heterocycles. The number of benzene rings is 1. The zero-order valence-electron chi connectivity index (χ0n) is 18.5. The molecule has 0 aromatic heterocycles. The molecular formula is C22H35NO4Si. The summed E-state index contributed by atoms with van der Waals surface area (Å²) in [4.78, 5) is 25.7. The van der Waals surface area contributed by atoms with Gasteiger partial charge in [-0.1, -0.05) is 51.1 Å². The summed E-state index contributed by atoms with van der Waals surface area (Å²) < 4.78 is 12.0. The minimum Gasteiger partial charge on any atom is -0.459 e. The fourth-order valence-corrected chi connectivity index (χ4v) is 4.46. The van der Waals surface area contributed by atoms with Gasteiger partial charge in [0.2, 0.25) is 5.91 Å². The van der Waals surface area contributed by atoms with E-state index < -0.39 is 31.2 Å². The standard InChI is InChI=1S/C22H35NO4Si/c1-20(2,3)27-19(25)22(18(23)24)16(14-26-28(7,8)21(4,5)6)17(22)15-12-10-9-11-13-15/h9-13,16-17H,14H2,1-8H3,(H2,23,24). The van der Waals surface area contributed by atoms with Crippen molar-refractivity contribution in [3.8, 4) is 0 Å². The predicted molar refractivity (Wildman–Crippen MR) is 113 cm³/mol. The first-order valence-corrected chi connectivity index (χ1v) is 12.8. The summed E-state index contributed by atoms with van der Waals surface area (Å²) in [5, 5.41) is 0.0332. The third-order valence-corrected chi connectivity index (χ3v) is 10.6. The lowest BCUT2D eigenvalue weighted by molar-refractivity contribution is -0.165. The van der Waals surface area contributed by atoms with Gasteiger partial charge >= 0.3 is 5.97 Å². The molecular weight excluding hydrogens is 370 g/mol. The van der Waals surface area contributed by atoms with Crippen LogP contribution in [-0.2, 0) is 18.8 Å². The van der Waals surface area contributed by atoms with Crippen LogP contribution in [0.1, 0.15) is 53.0 Å². The van der Waals surface area contributed by atoms with Crippen molar-refractivity contribution in [2.24, 2.45) is 17.1 Å². The SMILES string of the molecule is CC(C)(C)OC(=O)C1(C(N)=O)C(CO[Si](C)(C)C(C)(C)C)C1c1ccccc1. The Labute approximate surface area is 170 Å². The predicted octanol–water partition coefficient (Wildman–Crippen LogP) is 4.24. The summed E-state index contributed by atoms with van der Waals surface area (Å²) in [7, 11) is -2.04. The smallest absolute Gasteiger partial charge is 0.323 e. The van der Waals surface area contributed by atoms with Crippen molar-refractivity contribution in [2.45, 2.75) is 71.2 Å². The number of carbonyl (C=O) groups is 2. The molecule has 28 heavy (non-hydrogen) atoms. The number of primary amides is 1. The Morgan fingerprint density at radius 2 is 1.61 bits per heavy atom. The van der Waals surface area contributed by atoms with Gasteiger partial charge in [-0.25, -0.2) is 0 Å². The first-order valence-electron chi connectivity index (χ1n) is 9.87. The number of rotatable bonds is 6. The molecule has 3 unspecified atom stereocenters. The maximum Gasteiger partial charge on any atom is 0.323 e. The van der Waals surface area contributed by atoms with E-state index in [2.05, 4.69) is 33.9 Å². The Morgan fingerprint density at radius 3 is 2.04 bits per heavy atom. The molecule has 1 amide bonds. The number of hydrogen-bond donors (Lipinski definition) is 1. The third kappa shape index (κ3) is 4.18. The quantitative estimate of drug-likeness (QED) is 0.436. The highest BCUT2D eigenvalue weighted by Crippen LogP contribution is 2.66. The zero-order chi connectivity index (χ0) is 21.5. The average Bonchev–Trinajstić information content (AvgIpc) is 3.21. The maximum atomic E-state index is 13.1. The molecule has 0 aliphatic heterocycles. The number of nitrogens with two attached hydrogens (primary N) is 1. The molecule has 1 fully saturated rings. The van der Waals surface area contributed by atoms with Crippen molar-refractivity contribution >= 4 is 20.2 Å². The molecule has 1 saturated carbocycles. The van der Waals surface area contributed by atoms with Crippen LogP contribution in [0.3, 0.4) is 0 Å². The highest BCUT2D eigenvalue weighted by atomic mass is 28.4. The van der Waals surface area contributed by atoms with Gasteiger partial charge in [-0.15, -0.1) is 0 Å². The molecule has 0 bridgehead atoms. The van der Waals surface area contributed by atoms with E-state index in [9.17, 15) is 9.59 Å². The fourth-order valence-electron chi connectivity index (χ4n) is 3.43. The van der Waals surface area contributed by atoms with E-state index in [4.69, 9.17) is 14.9 Å². The van der Waals surface area contributed by atoms with Crippen LogP contribution in [0.4, 0.5) is 0 Å². The number of ether oxygens (including phenoxy) is 1. The highest BCUT2D eigenvalue weighted by Gasteiger charge is 2.75. The zero-order valence-corrected chi connectivity index (χ0v) is 19.5. The second kappa shape index (κ2) is 7.30. The highest BCUT2D eigenvalue weighted by molar-refractivity contribution is 6.74. The van der Waals surface area contributed by atoms with Crippen LogP contribution >= 0.6 is 0 Å². The van der Waals surface area contributed by atoms with Gasteiger partial charge < -0.3 is 14.9 Å². The number of hydrogen-bond acceptors (Lipinski definition) is 4. The van der Waals surface area contributed by atoms with Gasteiger partial charge in [-0.3, -0.25) is 9.59 Å². The molecule has 2 rings (SSSR count). The van der Waals surface area contributed by atoms with Crippen molar-refractivity contribution in [3.63, 3.8) is 0 Å². The molecule has 156 valence electrons. The summed E-state index contributed by atoms with van der Waals surface area (Å²) in [5.41, 5.74) is 4.65. The Balaban J connectivity index is 2.39. The molecule has 0 radical (unpaired) electrons. The first kappa shape index (κ1) is 22.6. The Bertz CT molecular complexity index is 733. The minimum absolute atomic E-state index is 0.0332. The molecule has 0 saturated heterocycles. The summed E-state index contributed by atoms with van der Waals surface area (Å²) in [6.07, 6.45) is 0. The normalized spacial score (nSPS) is 25.3. The summed E-state index contributed by atoms with van der Waals surface area (Å²) in [6.45, 7) is 16.5. The van der Waals surface area contributed by atoms with Gasteiger partial charge in [0, 0.05) is 18.4 Å². The second-order valence-corrected chi connectivity index (χ2v) is 15.1. The molecule has 6 heteroatoms. The van der Waals surface area contributed by atoms with Crippen LogP contribution in [0, 0.1) is 11.3 Å². The molecule has 1 aromatic rings. The van der Waals surface area contributed by atoms with Gasteiger partial charge in [-0.05, 0) is 44.5 Å². The van der Waals surface area contributed by atoms with Crippen LogP contribution in [-0.4, -0.2) is 32.4 Å². The van der Waals surface area contributed by atoms with E-state index in [0.29, 0.717) is 6.61 Å². The molecule has 1 aliphatic carbocycles. The van der Waals surface area contributed by atoms with Crippen LogP contribution in [0.5, 0.6) is 0 Å². The van der Waals surface area contributed by atoms with Crippen molar-refractivity contribution < 1.29 is 18.8 Å². The third-order valence-electron chi connectivity index (χ3n) is 6.10. The van der Waals surface area contributed by atoms with Gasteiger partial charge in [0.15, 0.2) is 13.7 Å². The fraction of sp³-hybridized carbons (Fsp3) is 0.636. The number of amides is 1. The lowest BCUT2D eigenvalue weighted by Gasteiger charge is -2.36. The van der Waals surface area contributed by atoms with Gasteiger partial charge in [0.1, 0.15) is 5.60 Å². The lowest BCUT2D eigenvalue weighted by atomic mass is 9.97. The van der Waals surface area contributed by atoms with Gasteiger partial charge in [0.05, 0.1) is 0 Å². The van der Waals surface area contributed by atoms with Gasteiger partial charge in [-0.2, -0.15) is 0 Å². The molecule has 1 aliphatic rings. The number of carbonyl (C=O) groups excluding carboxylic acids is 2. The summed E-state index contributed by atoms with van der Waals surface area (Å²) >= 11 is 0. The molecule has 5 nitrogen and oxygen atoms in total. The number of esters is 1. The van der Waals surface area contributed by atoms with Crippen molar-refractivity contribution in [1.82, 2.24) is 0 Å². The Morgan fingerprint density at radius 1 is 1.07 bits per heavy atom. The maximum absolute atomic E-state index is 13.1. The van der Waals surface area contributed by atoms with Crippen LogP contribution < -0.4 is 5.73 Å². The van der Waals surface area contributed by atoms with E-state index in [1.165, 1.54) is 0 Å². The van der Waals surface area contributed by atoms with Crippen molar-refractivity contribution in [1.29, 1.82) is 0 Å². The van der Waals surface area contributed by atoms with E-state index in [0.717, 1.165) is 5.56 Å². The lowest BCUT2D eigenvalue weighted by Crippen LogP contribution is -2.43. The molecule has 2 N–H and O–H groups in total. The van der Waals surface area contributed by atoms with Crippen molar-refractivity contribution in [3.05, 3.63) is 35.9 Å². The van der Waals surface area contributed by atoms with E-state index >= 15 is 0 Å². The minimum atomic E-state index is -2.04. The largest absolute Gasteiger partial charge is 0.459 e.